The van der Waals surface area contributed by atoms with Crippen LogP contribution in [-0.2, 0) is 0 Å². The van der Waals surface area contributed by atoms with Gasteiger partial charge in [0.15, 0.2) is 34.9 Å². The molecule has 534 valence electrons. The van der Waals surface area contributed by atoms with Crippen LogP contribution in [0.25, 0.3) is 261 Å². The Morgan fingerprint density at radius 2 is 0.565 bits per heavy atom. The molecular weight excluding hydrogens is 1470 g/mol. The number of aromatic nitrogens is 6. The van der Waals surface area contributed by atoms with E-state index < -0.39 is 0 Å². The number of rotatable bonds is 10. The zero-order valence-corrected chi connectivity index (χ0v) is 63.2. The van der Waals surface area contributed by atoms with E-state index in [0.29, 0.717) is 40.5 Å². The highest BCUT2D eigenvalue weighted by molar-refractivity contribution is 7.27. The maximum atomic E-state index is 7.47. The summed E-state index contributed by atoms with van der Waals surface area (Å²) in [6, 6.07) is 115. The molecule has 13 heteroatoms. The van der Waals surface area contributed by atoms with E-state index in [4.69, 9.17) is 47.6 Å². The Morgan fingerprint density at radius 3 is 1.21 bits per heavy atom. The molecule has 9 heterocycles. The van der Waals surface area contributed by atoms with Gasteiger partial charge in [0.2, 0.25) is 0 Å². The van der Waals surface area contributed by atoms with Gasteiger partial charge in [-0.2, -0.15) is 0 Å². The summed E-state index contributed by atoms with van der Waals surface area (Å²) in [6.07, 6.45) is 0. The predicted molar refractivity (Wildman–Crippen MR) is 475 cm³/mol. The molecule has 0 aliphatic carbocycles. The molecule has 0 bridgehead atoms. The van der Waals surface area contributed by atoms with Crippen molar-refractivity contribution in [2.75, 3.05) is 0 Å². The summed E-state index contributed by atoms with van der Waals surface area (Å²) in [6.45, 7) is 0. The summed E-state index contributed by atoms with van der Waals surface area (Å²) in [5.74, 6) is 3.41. The van der Waals surface area contributed by atoms with Crippen molar-refractivity contribution >= 4 is 182 Å². The number of nitrogens with zero attached hydrogens (tertiary/aromatic N) is 6. The zero-order valence-electron chi connectivity index (χ0n) is 60.7. The van der Waals surface area contributed by atoms with Gasteiger partial charge in [-0.3, -0.25) is 0 Å². The Kier molecular flexibility index (Phi) is 13.9. The first-order valence-electron chi connectivity index (χ1n) is 38.2. The van der Waals surface area contributed by atoms with Gasteiger partial charge in [-0.15, -0.1) is 34.0 Å². The van der Waals surface area contributed by atoms with Crippen LogP contribution in [-0.4, -0.2) is 29.9 Å². The zero-order chi connectivity index (χ0) is 75.1. The minimum absolute atomic E-state index is 0.541. The molecule has 0 N–H and O–H groups in total. The van der Waals surface area contributed by atoms with Gasteiger partial charge in [0.1, 0.15) is 44.7 Å². The van der Waals surface area contributed by atoms with Crippen LogP contribution in [0.1, 0.15) is 0 Å². The van der Waals surface area contributed by atoms with E-state index in [1.165, 1.54) is 25.6 Å². The molecule has 10 nitrogen and oxygen atoms in total. The van der Waals surface area contributed by atoms with Crippen molar-refractivity contribution < 1.29 is 17.7 Å². The van der Waals surface area contributed by atoms with Crippen LogP contribution < -0.4 is 0 Å². The summed E-state index contributed by atoms with van der Waals surface area (Å²) in [5, 5.41) is 14.9. The van der Waals surface area contributed by atoms with E-state index in [2.05, 4.69) is 291 Å². The molecule has 0 radical (unpaired) electrons. The van der Waals surface area contributed by atoms with E-state index >= 15 is 0 Å². The molecule has 115 heavy (non-hydrogen) atoms. The predicted octanol–water partition coefficient (Wildman–Crippen LogP) is 29.4. The van der Waals surface area contributed by atoms with Gasteiger partial charge in [-0.1, -0.05) is 237 Å². The van der Waals surface area contributed by atoms with Crippen LogP contribution in [0.5, 0.6) is 0 Å². The standard InChI is InChI=1S/C102H54N6O4S3/c1-2-22-55(23-3-1)60-28-4-5-33-69(60)99-103-97(104-100(107-99)72-39-18-37-67-65-31-8-13-45-85(65)113-94(67)72)58-26-17-25-57(51-58)62-36-21-44-82-89(62)78-53-76-64-30-7-12-42-80(64)111-92(76)91(93(78)112-82)71-48-49-74(96-90(71)70-34-10-15-47-87(70)115-96)102-106-98(105-101(108-102)73-40-19-38-68-66-32-9-14-46-86(66)114-95(68)73)59-27-16-24-56(50-59)61-35-20-43-81-88(61)77-52-75-63-29-6-11-41-79(63)109-83(75)54-84(77)110-81/h1-54H. The number of furan rings is 4. The largest absolute Gasteiger partial charge is 0.456 e. The van der Waals surface area contributed by atoms with Crippen molar-refractivity contribution in [2.45, 2.75) is 0 Å². The van der Waals surface area contributed by atoms with Crippen molar-refractivity contribution in [3.05, 3.63) is 328 Å². The fourth-order valence-electron chi connectivity index (χ4n) is 17.7. The van der Waals surface area contributed by atoms with Gasteiger partial charge in [-0.05, 0) is 124 Å². The lowest BCUT2D eigenvalue weighted by atomic mass is 9.92. The fourth-order valence-corrected chi connectivity index (χ4v) is 21.3. The van der Waals surface area contributed by atoms with E-state index in [0.717, 1.165) is 195 Å². The fraction of sp³-hybridized carbons (Fsp3) is 0. The summed E-state index contributed by atoms with van der Waals surface area (Å²) >= 11 is 5.26. The molecule has 0 spiro atoms. The molecule has 16 aromatic carbocycles. The highest BCUT2D eigenvalue weighted by Crippen LogP contribution is 2.53. The summed E-state index contributed by atoms with van der Waals surface area (Å²) < 4.78 is 34.5. The second-order valence-electron chi connectivity index (χ2n) is 29.3. The third-order valence-electron chi connectivity index (χ3n) is 22.8. The van der Waals surface area contributed by atoms with Crippen LogP contribution >= 0.6 is 34.0 Å². The third-order valence-corrected chi connectivity index (χ3v) is 26.5. The molecular formula is C102H54N6O4S3. The van der Waals surface area contributed by atoms with Crippen LogP contribution in [0.2, 0.25) is 0 Å². The molecule has 0 saturated heterocycles. The first-order valence-corrected chi connectivity index (χ1v) is 40.6. The lowest BCUT2D eigenvalue weighted by molar-refractivity contribution is 0.656. The summed E-state index contributed by atoms with van der Waals surface area (Å²) in [7, 11) is 0. The van der Waals surface area contributed by atoms with Gasteiger partial charge >= 0.3 is 0 Å². The molecule has 0 fully saturated rings. The van der Waals surface area contributed by atoms with Crippen molar-refractivity contribution in [3.63, 3.8) is 0 Å². The molecule has 0 amide bonds. The average Bonchev–Trinajstić information content (AvgIpc) is 1.54. The quantitative estimate of drug-likeness (QED) is 0.130. The lowest BCUT2D eigenvalue weighted by Crippen LogP contribution is -2.01. The monoisotopic (exact) mass is 1520 g/mol. The van der Waals surface area contributed by atoms with Crippen LogP contribution in [0.4, 0.5) is 0 Å². The number of hydrogen-bond acceptors (Lipinski definition) is 13. The molecule has 0 saturated carbocycles. The van der Waals surface area contributed by atoms with Gasteiger partial charge in [0, 0.05) is 143 Å². The molecule has 0 unspecified atom stereocenters. The number of hydrogen-bond donors (Lipinski definition) is 0. The highest BCUT2D eigenvalue weighted by Gasteiger charge is 2.29. The SMILES string of the molecule is c1ccc(-c2ccccc2-c2nc(-c3cccc(-c4cccc5oc6c(-c7ccc(-c8nc(-c9cccc(-c%10cccc%11oc%12cc%13oc%14ccccc%14c%13cc%12c%10%11)c9)nc(-c9cccc%10c9sc9ccccc9%10)n8)c8sc9ccccc9c78)c7oc8ccccc8c7cc6c45)c3)nc(-c3cccc4c3sc3ccccc34)n2)cc1. The first kappa shape index (κ1) is 64.1. The van der Waals surface area contributed by atoms with Gasteiger partial charge in [0.25, 0.3) is 0 Å². The second-order valence-corrected chi connectivity index (χ2v) is 32.5. The van der Waals surface area contributed by atoms with Crippen molar-refractivity contribution in [3.8, 4) is 113 Å². The smallest absolute Gasteiger partial charge is 0.165 e. The molecule has 0 aliphatic rings. The molecule has 25 aromatic rings. The third kappa shape index (κ3) is 9.91. The van der Waals surface area contributed by atoms with E-state index in [1.54, 1.807) is 34.0 Å². The Labute approximate surface area is 665 Å². The maximum absolute atomic E-state index is 7.47. The number of benzene rings is 16. The van der Waals surface area contributed by atoms with E-state index in [1.807, 2.05) is 36.4 Å². The van der Waals surface area contributed by atoms with E-state index in [9.17, 15) is 0 Å². The minimum atomic E-state index is 0.541. The minimum Gasteiger partial charge on any atom is -0.456 e. The van der Waals surface area contributed by atoms with Crippen molar-refractivity contribution in [2.24, 2.45) is 0 Å². The topological polar surface area (TPSA) is 130 Å². The van der Waals surface area contributed by atoms with Crippen LogP contribution in [0.15, 0.2) is 345 Å². The summed E-state index contributed by atoms with van der Waals surface area (Å²) in [4.78, 5) is 33.2. The van der Waals surface area contributed by atoms with Gasteiger partial charge in [-0.25, -0.2) is 29.9 Å². The maximum Gasteiger partial charge on any atom is 0.165 e. The highest BCUT2D eigenvalue weighted by atomic mass is 32.1. The Balaban J connectivity index is 0.678. The Hall–Kier alpha value is -14.6. The van der Waals surface area contributed by atoms with Crippen LogP contribution in [0, 0.1) is 0 Å². The number of fused-ring (bicyclic) bond motifs is 21. The Bertz CT molecular complexity index is 8470. The first-order chi connectivity index (χ1) is 57.0. The van der Waals surface area contributed by atoms with E-state index in [-0.39, 0.29) is 0 Å². The molecule has 9 aromatic heterocycles. The Morgan fingerprint density at radius 1 is 0.183 bits per heavy atom. The van der Waals surface area contributed by atoms with Crippen molar-refractivity contribution in [1.82, 2.24) is 29.9 Å². The number of para-hydroxylation sites is 2. The lowest BCUT2D eigenvalue weighted by Gasteiger charge is -2.13. The van der Waals surface area contributed by atoms with Crippen molar-refractivity contribution in [1.29, 1.82) is 0 Å². The molecule has 25 rings (SSSR count). The molecule has 0 aliphatic heterocycles. The number of thiophene rings is 3. The average molecular weight is 1520 g/mol. The molecule has 0 atom stereocenters. The summed E-state index contributed by atoms with van der Waals surface area (Å²) in [5.41, 5.74) is 19.4. The van der Waals surface area contributed by atoms with Crippen LogP contribution in [0.3, 0.4) is 0 Å². The van der Waals surface area contributed by atoms with Gasteiger partial charge < -0.3 is 17.7 Å². The second kappa shape index (κ2) is 25.0. The normalized spacial score (nSPS) is 12.2. The van der Waals surface area contributed by atoms with Gasteiger partial charge in [0.05, 0.1) is 5.56 Å².